The Labute approximate surface area is 136 Å². The van der Waals surface area contributed by atoms with Gasteiger partial charge in [0.25, 0.3) is 5.91 Å². The molecule has 0 atom stereocenters. The van der Waals surface area contributed by atoms with Crippen molar-refractivity contribution < 1.29 is 14.6 Å². The Morgan fingerprint density at radius 3 is 2.83 bits per heavy atom. The van der Waals surface area contributed by atoms with E-state index in [-0.39, 0.29) is 11.7 Å². The minimum absolute atomic E-state index is 0.0538. The van der Waals surface area contributed by atoms with Gasteiger partial charge in [0, 0.05) is 12.4 Å². The van der Waals surface area contributed by atoms with Crippen LogP contribution in [0.15, 0.2) is 52.6 Å². The number of phenolic OH excluding ortho intramolecular Hbond substituents is 1. The zero-order valence-corrected chi connectivity index (χ0v) is 13.0. The van der Waals surface area contributed by atoms with Gasteiger partial charge < -0.3 is 15.2 Å². The number of rotatable bonds is 3. The van der Waals surface area contributed by atoms with E-state index in [2.05, 4.69) is 15.3 Å². The van der Waals surface area contributed by atoms with Crippen LogP contribution < -0.4 is 10.1 Å². The number of amidine groups is 1. The molecular weight excluding hydrogens is 314 g/mol. The molecule has 0 bridgehead atoms. The lowest BCUT2D eigenvalue weighted by Gasteiger charge is -2.03. The molecule has 1 aromatic carbocycles. The van der Waals surface area contributed by atoms with Crippen LogP contribution in [0.3, 0.4) is 0 Å². The fraction of sp³-hybridized carbons (Fsp3) is 0.0625. The van der Waals surface area contributed by atoms with Crippen LogP contribution in [0.2, 0.25) is 0 Å². The van der Waals surface area contributed by atoms with Crippen LogP contribution in [-0.4, -0.2) is 28.3 Å². The van der Waals surface area contributed by atoms with Crippen molar-refractivity contribution in [2.24, 2.45) is 4.99 Å². The Bertz CT molecular complexity index is 803. The third kappa shape index (κ3) is 3.51. The van der Waals surface area contributed by atoms with Gasteiger partial charge in [-0.15, -0.1) is 0 Å². The normalized spacial score (nSPS) is 17.5. The molecule has 116 valence electrons. The maximum atomic E-state index is 12.0. The van der Waals surface area contributed by atoms with E-state index in [1.807, 2.05) is 0 Å². The van der Waals surface area contributed by atoms with Crippen molar-refractivity contribution in [2.45, 2.75) is 0 Å². The minimum Gasteiger partial charge on any atom is -0.504 e. The van der Waals surface area contributed by atoms with Gasteiger partial charge in [0.2, 0.25) is 0 Å². The Morgan fingerprint density at radius 1 is 1.30 bits per heavy atom. The molecule has 0 radical (unpaired) electrons. The van der Waals surface area contributed by atoms with Crippen LogP contribution in [0.25, 0.3) is 6.08 Å². The first-order valence-corrected chi connectivity index (χ1v) is 7.54. The summed E-state index contributed by atoms with van der Waals surface area (Å²) in [6.45, 7) is 0. The smallest absolute Gasteiger partial charge is 0.264 e. The van der Waals surface area contributed by atoms with E-state index in [0.717, 1.165) is 11.3 Å². The molecule has 0 spiro atoms. The molecule has 1 amide bonds. The summed E-state index contributed by atoms with van der Waals surface area (Å²) in [6.07, 6.45) is 5.00. The van der Waals surface area contributed by atoms with E-state index in [1.165, 1.54) is 24.9 Å². The van der Waals surface area contributed by atoms with Gasteiger partial charge in [-0.25, -0.2) is 4.99 Å². The van der Waals surface area contributed by atoms with Gasteiger partial charge in [-0.2, -0.15) is 0 Å². The highest BCUT2D eigenvalue weighted by Gasteiger charge is 2.23. The summed E-state index contributed by atoms with van der Waals surface area (Å²) in [5, 5.41) is 12.8. The fourth-order valence-corrected chi connectivity index (χ4v) is 2.79. The zero-order valence-electron chi connectivity index (χ0n) is 12.2. The number of thioether (sulfide) groups is 1. The van der Waals surface area contributed by atoms with E-state index >= 15 is 0 Å². The van der Waals surface area contributed by atoms with Crippen LogP contribution in [0.5, 0.6) is 11.5 Å². The third-order valence-corrected chi connectivity index (χ3v) is 3.96. The molecule has 1 aliphatic heterocycles. The quantitative estimate of drug-likeness (QED) is 0.847. The average molecular weight is 327 g/mol. The number of pyridine rings is 1. The van der Waals surface area contributed by atoms with Gasteiger partial charge in [0.05, 0.1) is 17.7 Å². The van der Waals surface area contributed by atoms with Crippen molar-refractivity contribution in [1.82, 2.24) is 10.3 Å². The highest BCUT2D eigenvalue weighted by Crippen LogP contribution is 2.31. The number of ether oxygens (including phenoxy) is 1. The number of aromatic nitrogens is 1. The summed E-state index contributed by atoms with van der Waals surface area (Å²) in [7, 11) is 1.47. The van der Waals surface area contributed by atoms with E-state index in [4.69, 9.17) is 4.74 Å². The molecule has 0 unspecified atom stereocenters. The number of aliphatic imine (C=N–C) groups is 1. The summed E-state index contributed by atoms with van der Waals surface area (Å²) in [5.74, 6) is 0.196. The van der Waals surface area contributed by atoms with Gasteiger partial charge >= 0.3 is 0 Å². The van der Waals surface area contributed by atoms with Gasteiger partial charge in [0.1, 0.15) is 0 Å². The standard InChI is InChI=1S/C16H13N3O3S/c1-22-13-8-10(2-3-12(13)20)9-14-15(21)19-16(23-14)18-11-4-6-17-7-5-11/h2-9,20H,1H3,(H,17,18,19,21)/b14-9-. The summed E-state index contributed by atoms with van der Waals surface area (Å²) in [4.78, 5) is 20.8. The summed E-state index contributed by atoms with van der Waals surface area (Å²) in [6, 6.07) is 8.40. The summed E-state index contributed by atoms with van der Waals surface area (Å²) < 4.78 is 5.06. The summed E-state index contributed by atoms with van der Waals surface area (Å²) >= 11 is 1.25. The number of phenols is 1. The molecule has 7 heteroatoms. The number of hydrogen-bond donors (Lipinski definition) is 2. The SMILES string of the molecule is COc1cc(/C=C2\SC(=Nc3ccncc3)NC2=O)ccc1O. The Hall–Kier alpha value is -2.80. The van der Waals surface area contributed by atoms with Gasteiger partial charge in [-0.05, 0) is 47.7 Å². The van der Waals surface area contributed by atoms with Crippen LogP contribution >= 0.6 is 11.8 Å². The lowest BCUT2D eigenvalue weighted by molar-refractivity contribution is -0.115. The Kier molecular flexibility index (Phi) is 4.29. The second kappa shape index (κ2) is 6.53. The molecule has 23 heavy (non-hydrogen) atoms. The van der Waals surface area contributed by atoms with Crippen molar-refractivity contribution in [1.29, 1.82) is 0 Å². The first kappa shape index (κ1) is 15.1. The summed E-state index contributed by atoms with van der Waals surface area (Å²) in [5.41, 5.74) is 1.47. The van der Waals surface area contributed by atoms with E-state index in [0.29, 0.717) is 15.8 Å². The number of nitrogens with one attached hydrogen (secondary N) is 1. The highest BCUT2D eigenvalue weighted by atomic mass is 32.2. The first-order chi connectivity index (χ1) is 11.2. The molecule has 1 fully saturated rings. The molecule has 1 aromatic heterocycles. The maximum Gasteiger partial charge on any atom is 0.264 e. The number of benzene rings is 1. The number of methoxy groups -OCH3 is 1. The fourth-order valence-electron chi connectivity index (χ4n) is 1.95. The lowest BCUT2D eigenvalue weighted by atomic mass is 10.2. The highest BCUT2D eigenvalue weighted by molar-refractivity contribution is 8.18. The molecule has 2 aromatic rings. The monoisotopic (exact) mass is 327 g/mol. The molecule has 0 aliphatic carbocycles. The Morgan fingerprint density at radius 2 is 2.09 bits per heavy atom. The number of carbonyl (C=O) groups is 1. The van der Waals surface area contributed by atoms with Crippen LogP contribution in [0, 0.1) is 0 Å². The average Bonchev–Trinajstić information content (AvgIpc) is 2.89. The van der Waals surface area contributed by atoms with E-state index in [1.54, 1.807) is 42.7 Å². The molecule has 3 rings (SSSR count). The molecule has 0 saturated carbocycles. The zero-order chi connectivity index (χ0) is 16.2. The number of aromatic hydroxyl groups is 1. The third-order valence-electron chi connectivity index (χ3n) is 3.05. The Balaban J connectivity index is 1.84. The first-order valence-electron chi connectivity index (χ1n) is 6.72. The topological polar surface area (TPSA) is 83.8 Å². The number of nitrogens with zero attached hydrogens (tertiary/aromatic N) is 2. The molecule has 6 nitrogen and oxygen atoms in total. The van der Waals surface area contributed by atoms with Crippen LogP contribution in [0.4, 0.5) is 5.69 Å². The predicted molar refractivity (Wildman–Crippen MR) is 89.7 cm³/mol. The van der Waals surface area contributed by atoms with E-state index < -0.39 is 0 Å². The number of hydrogen-bond acceptors (Lipinski definition) is 6. The molecular formula is C16H13N3O3S. The molecule has 2 N–H and O–H groups in total. The van der Waals surface area contributed by atoms with Crippen LogP contribution in [0.1, 0.15) is 5.56 Å². The van der Waals surface area contributed by atoms with Crippen molar-refractivity contribution in [3.8, 4) is 11.5 Å². The second-order valence-corrected chi connectivity index (χ2v) is 5.65. The molecule has 1 aliphatic rings. The van der Waals surface area contributed by atoms with Gasteiger partial charge in [-0.1, -0.05) is 6.07 Å². The van der Waals surface area contributed by atoms with Crippen molar-refractivity contribution in [3.63, 3.8) is 0 Å². The largest absolute Gasteiger partial charge is 0.504 e. The van der Waals surface area contributed by atoms with E-state index in [9.17, 15) is 9.90 Å². The van der Waals surface area contributed by atoms with Crippen molar-refractivity contribution in [2.75, 3.05) is 7.11 Å². The second-order valence-electron chi connectivity index (χ2n) is 4.62. The maximum absolute atomic E-state index is 12.0. The number of amides is 1. The van der Waals surface area contributed by atoms with Crippen molar-refractivity contribution >= 4 is 34.6 Å². The van der Waals surface area contributed by atoms with Gasteiger partial charge in [-0.3, -0.25) is 9.78 Å². The lowest BCUT2D eigenvalue weighted by Crippen LogP contribution is -2.19. The van der Waals surface area contributed by atoms with Crippen molar-refractivity contribution in [3.05, 3.63) is 53.2 Å². The molecule has 1 saturated heterocycles. The van der Waals surface area contributed by atoms with Crippen LogP contribution in [-0.2, 0) is 4.79 Å². The predicted octanol–water partition coefficient (Wildman–Crippen LogP) is 2.69. The molecule has 2 heterocycles. The van der Waals surface area contributed by atoms with Gasteiger partial charge in [0.15, 0.2) is 16.7 Å². The number of carbonyl (C=O) groups excluding carboxylic acids is 1. The minimum atomic E-state index is -0.213.